The number of ether oxygens (including phenoxy) is 1. The van der Waals surface area contributed by atoms with Gasteiger partial charge in [-0.1, -0.05) is 0 Å². The van der Waals surface area contributed by atoms with E-state index in [9.17, 15) is 31.2 Å². The largest absolute Gasteiger partial charge is 0.573 e. The van der Waals surface area contributed by atoms with Crippen LogP contribution in [0, 0.1) is 0 Å². The summed E-state index contributed by atoms with van der Waals surface area (Å²) in [5.74, 6) is -1.73. The molecule has 1 aromatic carbocycles. The van der Waals surface area contributed by atoms with E-state index in [0.29, 0.717) is 6.07 Å². The predicted octanol–water partition coefficient (Wildman–Crippen LogP) is 1.74. The molecular weight excluding hydrogens is 519 g/mol. The fraction of sp³-hybridized carbons (Fsp3) is 0.333. The zero-order valence-corrected chi connectivity index (χ0v) is 20.2. The van der Waals surface area contributed by atoms with Crippen LogP contribution in [-0.4, -0.2) is 63.6 Å². The lowest BCUT2D eigenvalue weighted by Gasteiger charge is -2.16. The molecule has 0 unspecified atom stereocenters. The molecule has 0 bridgehead atoms. The van der Waals surface area contributed by atoms with Crippen molar-refractivity contribution in [2.24, 2.45) is 0 Å². The predicted molar refractivity (Wildman–Crippen MR) is 120 cm³/mol. The summed E-state index contributed by atoms with van der Waals surface area (Å²) in [7, 11) is -3.96. The number of aromatic nitrogens is 5. The number of rotatable bonds is 8. The second kappa shape index (κ2) is 9.76. The van der Waals surface area contributed by atoms with Crippen molar-refractivity contribution >= 4 is 21.7 Å². The van der Waals surface area contributed by atoms with Gasteiger partial charge in [-0.05, 0) is 38.0 Å². The normalized spacial score (nSPS) is 14.6. The topological polar surface area (TPSA) is 158 Å². The van der Waals surface area contributed by atoms with Crippen LogP contribution in [0.25, 0.3) is 5.82 Å². The Balaban J connectivity index is 1.54. The number of halogens is 3. The molecule has 2 amide bonds. The first-order chi connectivity index (χ1) is 17.3. The lowest BCUT2D eigenvalue weighted by molar-refractivity contribution is -0.274. The van der Waals surface area contributed by atoms with Gasteiger partial charge in [0.25, 0.3) is 11.8 Å². The van der Waals surface area contributed by atoms with E-state index in [2.05, 4.69) is 35.4 Å². The number of carbonyl (C=O) groups excluding carboxylic acids is 2. The quantitative estimate of drug-likeness (QED) is 0.435. The van der Waals surface area contributed by atoms with Crippen LogP contribution in [0.4, 0.5) is 13.2 Å². The highest BCUT2D eigenvalue weighted by atomic mass is 32.2. The molecule has 2 N–H and O–H groups in total. The zero-order valence-electron chi connectivity index (χ0n) is 19.4. The summed E-state index contributed by atoms with van der Waals surface area (Å²) in [6.07, 6.45) is 1.27. The average molecular weight is 539 g/mol. The fourth-order valence-electron chi connectivity index (χ4n) is 3.21. The summed E-state index contributed by atoms with van der Waals surface area (Å²) in [6.45, 7) is 1.52. The van der Waals surface area contributed by atoms with Gasteiger partial charge in [0.05, 0.1) is 23.3 Å². The molecule has 16 heteroatoms. The molecule has 3 aromatic rings. The first kappa shape index (κ1) is 26.0. The Hall–Kier alpha value is -4.08. The second-order valence-corrected chi connectivity index (χ2v) is 10.3. The summed E-state index contributed by atoms with van der Waals surface area (Å²) in [5.41, 5.74) is -0.271. The van der Waals surface area contributed by atoms with Crippen LogP contribution in [0.5, 0.6) is 5.75 Å². The van der Waals surface area contributed by atoms with E-state index in [-0.39, 0.29) is 34.8 Å². The van der Waals surface area contributed by atoms with Crippen molar-refractivity contribution in [3.8, 4) is 11.6 Å². The molecule has 2 heterocycles. The molecule has 0 radical (unpaired) electrons. The van der Waals surface area contributed by atoms with Crippen LogP contribution < -0.4 is 15.4 Å². The zero-order chi connectivity index (χ0) is 27.0. The van der Waals surface area contributed by atoms with Crippen molar-refractivity contribution in [1.29, 1.82) is 0 Å². The van der Waals surface area contributed by atoms with Crippen molar-refractivity contribution in [2.45, 2.75) is 43.1 Å². The minimum Gasteiger partial charge on any atom is -0.406 e. The van der Waals surface area contributed by atoms with Gasteiger partial charge in [0.1, 0.15) is 17.8 Å². The summed E-state index contributed by atoms with van der Waals surface area (Å²) < 4.78 is 67.1. The number of benzene rings is 1. The van der Waals surface area contributed by atoms with Crippen LogP contribution >= 0.6 is 0 Å². The van der Waals surface area contributed by atoms with Crippen molar-refractivity contribution < 1.29 is 35.9 Å². The second-order valence-electron chi connectivity index (χ2n) is 8.25. The molecule has 0 saturated heterocycles. The van der Waals surface area contributed by atoms with Crippen LogP contribution in [-0.2, 0) is 9.84 Å². The summed E-state index contributed by atoms with van der Waals surface area (Å²) >= 11 is 0. The van der Waals surface area contributed by atoms with Crippen LogP contribution in [0.2, 0.25) is 0 Å². The Kier molecular flexibility index (Phi) is 6.86. The van der Waals surface area contributed by atoms with E-state index >= 15 is 0 Å². The molecule has 4 rings (SSSR count). The molecule has 1 saturated carbocycles. The number of sulfone groups is 1. The highest BCUT2D eigenvalue weighted by Crippen LogP contribution is 2.27. The first-order valence-electron chi connectivity index (χ1n) is 10.7. The standard InChI is InChI=1S/C21H20F3N7O5S/c1-11(29-19(32)12-5-14(36-21(22,23)24)7-15(6-12)37(2,34)35)18-27-10-28-31(18)17-9-25-16(8-26-17)20(33)30-13-3-4-13/h5-11,13H,3-4H2,1-2H3,(H,29,32)(H,30,33)/t11-/m0/s1. The molecule has 196 valence electrons. The number of hydrogen-bond acceptors (Lipinski definition) is 9. The molecule has 0 spiro atoms. The van der Waals surface area contributed by atoms with E-state index in [1.807, 2.05) is 0 Å². The third-order valence-electron chi connectivity index (χ3n) is 5.11. The number of amides is 2. The first-order valence-corrected chi connectivity index (χ1v) is 12.6. The molecule has 37 heavy (non-hydrogen) atoms. The van der Waals surface area contributed by atoms with Gasteiger partial charge in [-0.25, -0.2) is 23.4 Å². The van der Waals surface area contributed by atoms with Crippen LogP contribution in [0.1, 0.15) is 52.5 Å². The molecule has 1 atom stereocenters. The molecule has 2 aromatic heterocycles. The Morgan fingerprint density at radius 1 is 1.11 bits per heavy atom. The number of nitrogens with one attached hydrogen (secondary N) is 2. The van der Waals surface area contributed by atoms with Gasteiger partial charge >= 0.3 is 6.36 Å². The summed E-state index contributed by atoms with van der Waals surface area (Å²) in [4.78, 5) is 36.7. The maximum atomic E-state index is 12.8. The highest BCUT2D eigenvalue weighted by Gasteiger charge is 2.32. The van der Waals surface area contributed by atoms with Gasteiger partial charge in [0.15, 0.2) is 21.5 Å². The van der Waals surface area contributed by atoms with E-state index in [1.54, 1.807) is 0 Å². The lowest BCUT2D eigenvalue weighted by Crippen LogP contribution is -2.29. The van der Waals surface area contributed by atoms with Crippen molar-refractivity contribution in [3.63, 3.8) is 0 Å². The van der Waals surface area contributed by atoms with Gasteiger partial charge < -0.3 is 15.4 Å². The van der Waals surface area contributed by atoms with E-state index in [4.69, 9.17) is 0 Å². The Morgan fingerprint density at radius 2 is 1.84 bits per heavy atom. The lowest BCUT2D eigenvalue weighted by atomic mass is 10.2. The maximum absolute atomic E-state index is 12.8. The molecule has 1 aliphatic rings. The highest BCUT2D eigenvalue weighted by molar-refractivity contribution is 7.90. The van der Waals surface area contributed by atoms with Crippen LogP contribution in [0.15, 0.2) is 41.8 Å². The van der Waals surface area contributed by atoms with E-state index in [0.717, 1.165) is 31.2 Å². The number of alkyl halides is 3. The molecular formula is C21H20F3N7O5S. The van der Waals surface area contributed by atoms with Gasteiger partial charge in [0, 0.05) is 17.9 Å². The fourth-order valence-corrected chi connectivity index (χ4v) is 3.88. The molecule has 1 aliphatic carbocycles. The number of carbonyl (C=O) groups is 2. The summed E-state index contributed by atoms with van der Waals surface area (Å²) in [6, 6.07) is 1.67. The van der Waals surface area contributed by atoms with Crippen molar-refractivity contribution in [1.82, 2.24) is 35.4 Å². The van der Waals surface area contributed by atoms with Gasteiger partial charge in [-0.3, -0.25) is 9.59 Å². The van der Waals surface area contributed by atoms with Gasteiger partial charge in [-0.2, -0.15) is 9.78 Å². The molecule has 1 fully saturated rings. The Morgan fingerprint density at radius 3 is 2.43 bits per heavy atom. The monoisotopic (exact) mass is 539 g/mol. The van der Waals surface area contributed by atoms with Crippen LogP contribution in [0.3, 0.4) is 0 Å². The maximum Gasteiger partial charge on any atom is 0.573 e. The number of hydrogen-bond donors (Lipinski definition) is 2. The number of nitrogens with zero attached hydrogens (tertiary/aromatic N) is 5. The van der Waals surface area contributed by atoms with Crippen molar-refractivity contribution in [2.75, 3.05) is 6.26 Å². The van der Waals surface area contributed by atoms with Gasteiger partial charge in [-0.15, -0.1) is 13.2 Å². The summed E-state index contributed by atoms with van der Waals surface area (Å²) in [5, 5.41) is 9.37. The van der Waals surface area contributed by atoms with Crippen molar-refractivity contribution in [3.05, 3.63) is 54.0 Å². The minimum absolute atomic E-state index is 0.112. The smallest absolute Gasteiger partial charge is 0.406 e. The Labute approximate surface area is 208 Å². The average Bonchev–Trinajstić information content (AvgIpc) is 3.48. The molecule has 12 nitrogen and oxygen atoms in total. The third kappa shape index (κ3) is 6.58. The Bertz CT molecular complexity index is 1440. The molecule has 0 aliphatic heterocycles. The van der Waals surface area contributed by atoms with E-state index in [1.165, 1.54) is 30.3 Å². The van der Waals surface area contributed by atoms with Gasteiger partial charge in [0.2, 0.25) is 0 Å². The third-order valence-corrected chi connectivity index (χ3v) is 6.21. The minimum atomic E-state index is -5.09. The van der Waals surface area contributed by atoms with E-state index < -0.39 is 38.8 Å². The SMILES string of the molecule is C[C@H](NC(=O)c1cc(OC(F)(F)F)cc(S(C)(=O)=O)c1)c1ncnn1-c1cnc(C(=O)NC2CC2)cn1.